The molecule has 2 heterocycles. The number of amides is 1. The van der Waals surface area contributed by atoms with Crippen LogP contribution >= 0.6 is 0 Å². The van der Waals surface area contributed by atoms with Gasteiger partial charge in [-0.15, -0.1) is 0 Å². The Morgan fingerprint density at radius 3 is 2.59 bits per heavy atom. The highest BCUT2D eigenvalue weighted by Crippen LogP contribution is 2.29. The van der Waals surface area contributed by atoms with Crippen LogP contribution in [-0.2, 0) is 30.6 Å². The van der Waals surface area contributed by atoms with Gasteiger partial charge < -0.3 is 9.47 Å². The largest absolute Gasteiger partial charge is 0.416 e. The lowest BCUT2D eigenvalue weighted by atomic mass is 10.1. The minimum Gasteiger partial charge on any atom is -0.331 e. The number of hydrogen-bond donors (Lipinski definition) is 0. The standard InChI is InChI=1S/C21H21F3N4O/c1-2-20(29)28(14-17-6-4-8-25-12-17)15-19-26-9-10-27(19)13-16-5-3-7-18(11-16)21(22,23)24/h3-12H,2,13-15H2,1H3. The van der Waals surface area contributed by atoms with Crippen molar-refractivity contribution in [2.24, 2.45) is 0 Å². The maximum absolute atomic E-state index is 13.0. The number of carbonyl (C=O) groups excluding carboxylic acids is 1. The molecule has 0 N–H and O–H groups in total. The van der Waals surface area contributed by atoms with Crippen molar-refractivity contribution in [2.75, 3.05) is 0 Å². The summed E-state index contributed by atoms with van der Waals surface area (Å²) in [5.74, 6) is 0.565. The quantitative estimate of drug-likeness (QED) is 0.593. The van der Waals surface area contributed by atoms with Crippen molar-refractivity contribution in [1.82, 2.24) is 19.4 Å². The second-order valence-corrected chi connectivity index (χ2v) is 6.63. The fraction of sp³-hybridized carbons (Fsp3) is 0.286. The number of imidazole rings is 1. The normalized spacial score (nSPS) is 11.4. The first kappa shape index (κ1) is 20.6. The minimum absolute atomic E-state index is 0.0394. The second kappa shape index (κ2) is 8.89. The van der Waals surface area contributed by atoms with Crippen LogP contribution in [0.1, 0.15) is 35.9 Å². The van der Waals surface area contributed by atoms with Crippen molar-refractivity contribution in [3.63, 3.8) is 0 Å². The molecule has 1 amide bonds. The Balaban J connectivity index is 1.78. The number of benzene rings is 1. The molecule has 5 nitrogen and oxygen atoms in total. The van der Waals surface area contributed by atoms with Crippen LogP contribution in [-0.4, -0.2) is 25.3 Å². The number of alkyl halides is 3. The zero-order chi connectivity index (χ0) is 20.9. The van der Waals surface area contributed by atoms with Gasteiger partial charge in [-0.2, -0.15) is 13.2 Å². The van der Waals surface area contributed by atoms with Gasteiger partial charge in [-0.25, -0.2) is 4.98 Å². The molecule has 0 atom stereocenters. The van der Waals surface area contributed by atoms with Crippen LogP contribution in [0.15, 0.2) is 61.2 Å². The molecule has 152 valence electrons. The SMILES string of the molecule is CCC(=O)N(Cc1cccnc1)Cc1nccn1Cc1cccc(C(F)(F)F)c1. The van der Waals surface area contributed by atoms with E-state index in [1.165, 1.54) is 6.07 Å². The summed E-state index contributed by atoms with van der Waals surface area (Å²) < 4.78 is 40.7. The van der Waals surface area contributed by atoms with E-state index in [4.69, 9.17) is 0 Å². The second-order valence-electron chi connectivity index (χ2n) is 6.63. The Kier molecular flexibility index (Phi) is 6.31. The lowest BCUT2D eigenvalue weighted by Gasteiger charge is -2.22. The van der Waals surface area contributed by atoms with Crippen LogP contribution in [0.4, 0.5) is 13.2 Å². The summed E-state index contributed by atoms with van der Waals surface area (Å²) in [5.41, 5.74) is 0.723. The maximum Gasteiger partial charge on any atom is 0.416 e. The van der Waals surface area contributed by atoms with Gasteiger partial charge in [0.15, 0.2) is 0 Å². The van der Waals surface area contributed by atoms with E-state index in [9.17, 15) is 18.0 Å². The predicted molar refractivity (Wildman–Crippen MR) is 102 cm³/mol. The van der Waals surface area contributed by atoms with Crippen LogP contribution in [0.2, 0.25) is 0 Å². The molecular weight excluding hydrogens is 381 g/mol. The molecule has 0 aliphatic carbocycles. The van der Waals surface area contributed by atoms with Gasteiger partial charge in [0.1, 0.15) is 5.82 Å². The number of rotatable bonds is 7. The Labute approximate surface area is 166 Å². The third-order valence-electron chi connectivity index (χ3n) is 4.49. The van der Waals surface area contributed by atoms with Gasteiger partial charge in [0.2, 0.25) is 5.91 Å². The van der Waals surface area contributed by atoms with Crippen molar-refractivity contribution in [1.29, 1.82) is 0 Å². The number of carbonyl (C=O) groups is 1. The van der Waals surface area contributed by atoms with Crippen LogP contribution in [0, 0.1) is 0 Å². The maximum atomic E-state index is 13.0. The molecule has 3 aromatic rings. The van der Waals surface area contributed by atoms with E-state index in [2.05, 4.69) is 9.97 Å². The monoisotopic (exact) mass is 402 g/mol. The molecule has 0 saturated carbocycles. The van der Waals surface area contributed by atoms with E-state index >= 15 is 0 Å². The van der Waals surface area contributed by atoms with Crippen LogP contribution in [0.3, 0.4) is 0 Å². The van der Waals surface area contributed by atoms with Crippen LogP contribution in [0.25, 0.3) is 0 Å². The predicted octanol–water partition coefficient (Wildman–Crippen LogP) is 4.28. The lowest BCUT2D eigenvalue weighted by Crippen LogP contribution is -2.30. The highest BCUT2D eigenvalue weighted by atomic mass is 19.4. The molecule has 1 aromatic carbocycles. The fourth-order valence-electron chi connectivity index (χ4n) is 3.02. The Morgan fingerprint density at radius 1 is 1.10 bits per heavy atom. The van der Waals surface area contributed by atoms with Gasteiger partial charge in [0.05, 0.1) is 12.1 Å². The molecule has 0 aliphatic rings. The van der Waals surface area contributed by atoms with E-state index in [1.807, 2.05) is 6.07 Å². The first-order valence-corrected chi connectivity index (χ1v) is 9.19. The van der Waals surface area contributed by atoms with Crippen LogP contribution < -0.4 is 0 Å². The van der Waals surface area contributed by atoms with Crippen molar-refractivity contribution in [3.05, 3.63) is 83.7 Å². The Hall–Kier alpha value is -3.16. The van der Waals surface area contributed by atoms with E-state index < -0.39 is 11.7 Å². The average Bonchev–Trinajstić information content (AvgIpc) is 3.14. The summed E-state index contributed by atoms with van der Waals surface area (Å²) in [5, 5.41) is 0. The van der Waals surface area contributed by atoms with Crippen molar-refractivity contribution in [2.45, 2.75) is 39.2 Å². The van der Waals surface area contributed by atoms with E-state index in [0.717, 1.165) is 17.7 Å². The summed E-state index contributed by atoms with van der Waals surface area (Å²) in [4.78, 5) is 22.5. The number of pyridine rings is 1. The molecule has 0 aliphatic heterocycles. The molecule has 0 spiro atoms. The molecule has 29 heavy (non-hydrogen) atoms. The molecular formula is C21H21F3N4O. The summed E-state index contributed by atoms with van der Waals surface area (Å²) in [7, 11) is 0. The van der Waals surface area contributed by atoms with Gasteiger partial charge >= 0.3 is 6.18 Å². The number of nitrogens with zero attached hydrogens (tertiary/aromatic N) is 4. The molecule has 0 fully saturated rings. The molecule has 0 radical (unpaired) electrons. The number of hydrogen-bond acceptors (Lipinski definition) is 3. The van der Waals surface area contributed by atoms with Gasteiger partial charge in [-0.1, -0.05) is 25.1 Å². The minimum atomic E-state index is -4.39. The average molecular weight is 402 g/mol. The third-order valence-corrected chi connectivity index (χ3v) is 4.49. The van der Waals surface area contributed by atoms with Crippen molar-refractivity contribution >= 4 is 5.91 Å². The highest BCUT2D eigenvalue weighted by Gasteiger charge is 2.30. The fourth-order valence-corrected chi connectivity index (χ4v) is 3.02. The van der Waals surface area contributed by atoms with E-state index in [0.29, 0.717) is 24.4 Å². The van der Waals surface area contributed by atoms with Crippen LogP contribution in [0.5, 0.6) is 0 Å². The number of aromatic nitrogens is 3. The van der Waals surface area contributed by atoms with Gasteiger partial charge in [-0.3, -0.25) is 9.78 Å². The summed E-state index contributed by atoms with van der Waals surface area (Å²) in [6, 6.07) is 8.91. The molecule has 3 rings (SSSR count). The summed E-state index contributed by atoms with van der Waals surface area (Å²) >= 11 is 0. The molecule has 2 aromatic heterocycles. The van der Waals surface area contributed by atoms with Gasteiger partial charge in [0.25, 0.3) is 0 Å². The van der Waals surface area contributed by atoms with Gasteiger partial charge in [-0.05, 0) is 29.3 Å². The lowest BCUT2D eigenvalue weighted by molar-refractivity contribution is -0.137. The first-order chi connectivity index (χ1) is 13.9. The van der Waals surface area contributed by atoms with E-state index in [-0.39, 0.29) is 19.0 Å². The Bertz CT molecular complexity index is 954. The topological polar surface area (TPSA) is 51.0 Å². The summed E-state index contributed by atoms with van der Waals surface area (Å²) in [6.45, 7) is 2.67. The third kappa shape index (κ3) is 5.43. The molecule has 0 unspecified atom stereocenters. The first-order valence-electron chi connectivity index (χ1n) is 9.19. The molecule has 8 heteroatoms. The van der Waals surface area contributed by atoms with Gasteiger partial charge in [0, 0.05) is 44.3 Å². The van der Waals surface area contributed by atoms with Crippen molar-refractivity contribution < 1.29 is 18.0 Å². The molecule has 0 saturated heterocycles. The Morgan fingerprint density at radius 2 is 1.90 bits per heavy atom. The number of halogens is 3. The zero-order valence-corrected chi connectivity index (χ0v) is 15.9. The van der Waals surface area contributed by atoms with E-state index in [1.54, 1.807) is 53.3 Å². The summed E-state index contributed by atoms with van der Waals surface area (Å²) in [6.07, 6.45) is 2.61. The smallest absolute Gasteiger partial charge is 0.331 e. The highest BCUT2D eigenvalue weighted by molar-refractivity contribution is 5.75. The van der Waals surface area contributed by atoms with Crippen molar-refractivity contribution in [3.8, 4) is 0 Å². The zero-order valence-electron chi connectivity index (χ0n) is 15.9. The molecule has 0 bridgehead atoms.